The molecule has 13 nitrogen and oxygen atoms in total. The van der Waals surface area contributed by atoms with Crippen LogP contribution in [0, 0.1) is 11.8 Å². The number of carbonyl (C=O) groups excluding carboxylic acids is 1. The summed E-state index contributed by atoms with van der Waals surface area (Å²) in [7, 11) is 2.06. The number of hydrogen-bond acceptors (Lipinski definition) is 12. The number of ether oxygens (including phenoxy) is 2. The molecule has 4 aromatic heterocycles. The van der Waals surface area contributed by atoms with Crippen molar-refractivity contribution in [2.24, 2.45) is 18.9 Å². The van der Waals surface area contributed by atoms with Gasteiger partial charge in [0.25, 0.3) is 5.88 Å². The minimum atomic E-state index is -0.486. The van der Waals surface area contributed by atoms with Crippen molar-refractivity contribution in [3.63, 3.8) is 0 Å². The van der Waals surface area contributed by atoms with Gasteiger partial charge in [-0.05, 0) is 112 Å². The van der Waals surface area contributed by atoms with E-state index in [4.69, 9.17) is 24.0 Å². The van der Waals surface area contributed by atoms with Crippen molar-refractivity contribution in [1.82, 2.24) is 34.8 Å². The third kappa shape index (κ3) is 7.45. The Bertz CT molecular complexity index is 2130. The molecule has 1 unspecified atom stereocenters. The summed E-state index contributed by atoms with van der Waals surface area (Å²) in [5.41, 5.74) is 5.88. The van der Waals surface area contributed by atoms with E-state index < -0.39 is 5.92 Å². The highest BCUT2D eigenvalue weighted by molar-refractivity contribution is 5.87. The molecule has 1 N–H and O–H groups in total. The Morgan fingerprint density at radius 1 is 1.00 bits per heavy atom. The quantitative estimate of drug-likeness (QED) is 0.134. The van der Waals surface area contributed by atoms with Crippen LogP contribution in [0.2, 0.25) is 0 Å². The zero-order valence-electron chi connectivity index (χ0n) is 33.2. The minimum absolute atomic E-state index is 0.0320. The number of aromatic nitrogens is 6. The molecule has 0 bridgehead atoms. The lowest BCUT2D eigenvalue weighted by molar-refractivity contribution is -0.146. The van der Waals surface area contributed by atoms with Crippen LogP contribution in [-0.4, -0.2) is 84.8 Å². The highest BCUT2D eigenvalue weighted by Crippen LogP contribution is 2.40. The summed E-state index contributed by atoms with van der Waals surface area (Å²) < 4.78 is 19.0. The van der Waals surface area contributed by atoms with Gasteiger partial charge < -0.3 is 33.5 Å². The van der Waals surface area contributed by atoms with Crippen molar-refractivity contribution in [3.8, 4) is 22.9 Å². The number of likely N-dealkylation sites (tertiary alicyclic amines) is 1. The topological polar surface area (TPSA) is 145 Å². The van der Waals surface area contributed by atoms with E-state index in [1.54, 1.807) is 19.1 Å². The number of phenols is 1. The molecule has 2 atom stereocenters. The average molecular weight is 763 g/mol. The number of esters is 1. The largest absolute Gasteiger partial charge is 0.507 e. The van der Waals surface area contributed by atoms with Crippen LogP contribution in [0.1, 0.15) is 107 Å². The SMILES string of the molecule is CCOC(=O)C(c1cc(OCC2CCC(N3CCC(c4cnc(N5CCc6c(c7cc(-c8ccccc8O)nnc7n6C)[C@H]5C)nc4)CC3)CC2)no1)C(C)C. The van der Waals surface area contributed by atoms with E-state index in [1.807, 2.05) is 32.0 Å². The first-order chi connectivity index (χ1) is 27.2. The summed E-state index contributed by atoms with van der Waals surface area (Å²) in [6.07, 6.45) is 11.8. The van der Waals surface area contributed by atoms with Gasteiger partial charge in [0.15, 0.2) is 11.4 Å². The van der Waals surface area contributed by atoms with Crippen LogP contribution in [0.25, 0.3) is 22.3 Å². The smallest absolute Gasteiger partial charge is 0.317 e. The molecule has 0 radical (unpaired) electrons. The molecule has 296 valence electrons. The fourth-order valence-electron chi connectivity index (χ4n) is 9.34. The predicted octanol–water partition coefficient (Wildman–Crippen LogP) is 7.36. The van der Waals surface area contributed by atoms with Gasteiger partial charge in [-0.1, -0.05) is 26.0 Å². The first-order valence-electron chi connectivity index (χ1n) is 20.4. The van der Waals surface area contributed by atoms with Gasteiger partial charge in [-0.15, -0.1) is 10.2 Å². The van der Waals surface area contributed by atoms with Crippen LogP contribution in [0.4, 0.5) is 5.95 Å². The zero-order chi connectivity index (χ0) is 38.9. The summed E-state index contributed by atoms with van der Waals surface area (Å²) in [5.74, 6) is 2.09. The lowest BCUT2D eigenvalue weighted by atomic mass is 9.83. The third-order valence-electron chi connectivity index (χ3n) is 12.5. The number of rotatable bonds is 11. The van der Waals surface area contributed by atoms with Crippen molar-refractivity contribution >= 4 is 23.0 Å². The number of aromatic hydroxyl groups is 1. The summed E-state index contributed by atoms with van der Waals surface area (Å²) >= 11 is 0. The Morgan fingerprint density at radius 3 is 2.46 bits per heavy atom. The number of aryl methyl sites for hydroxylation is 1. The molecule has 2 aliphatic heterocycles. The van der Waals surface area contributed by atoms with Crippen LogP contribution in [-0.2, 0) is 23.0 Å². The molecule has 1 aliphatic carbocycles. The maximum Gasteiger partial charge on any atom is 0.317 e. The molecule has 13 heteroatoms. The van der Waals surface area contributed by atoms with Gasteiger partial charge in [-0.3, -0.25) is 4.79 Å². The van der Waals surface area contributed by atoms with Crippen molar-refractivity contribution < 1.29 is 23.9 Å². The van der Waals surface area contributed by atoms with E-state index in [1.165, 1.54) is 29.7 Å². The molecule has 0 amide bonds. The van der Waals surface area contributed by atoms with Gasteiger partial charge in [0.2, 0.25) is 5.95 Å². The Morgan fingerprint density at radius 2 is 1.75 bits per heavy atom. The van der Waals surface area contributed by atoms with Crippen LogP contribution in [0.5, 0.6) is 11.6 Å². The second-order valence-electron chi connectivity index (χ2n) is 16.2. The highest BCUT2D eigenvalue weighted by Gasteiger charge is 2.34. The van der Waals surface area contributed by atoms with Gasteiger partial charge in [-0.25, -0.2) is 9.97 Å². The molecule has 3 aliphatic rings. The molecular weight excluding hydrogens is 709 g/mol. The second-order valence-corrected chi connectivity index (χ2v) is 16.2. The van der Waals surface area contributed by atoms with E-state index in [9.17, 15) is 9.90 Å². The van der Waals surface area contributed by atoms with E-state index in [0.29, 0.717) is 54.0 Å². The molecule has 6 heterocycles. The molecule has 1 aromatic carbocycles. The number of phenolic OH excluding ortho intramolecular Hbond substituents is 1. The number of fused-ring (bicyclic) bond motifs is 3. The molecule has 1 saturated carbocycles. The lowest BCUT2D eigenvalue weighted by Gasteiger charge is -2.40. The van der Waals surface area contributed by atoms with Crippen LogP contribution in [0.3, 0.4) is 0 Å². The normalized spacial score (nSPS) is 21.3. The van der Waals surface area contributed by atoms with E-state index in [0.717, 1.165) is 68.7 Å². The summed E-state index contributed by atoms with van der Waals surface area (Å²) in [6.45, 7) is 11.9. The van der Waals surface area contributed by atoms with Gasteiger partial charge in [0.1, 0.15) is 11.7 Å². The predicted molar refractivity (Wildman–Crippen MR) is 213 cm³/mol. The fourth-order valence-corrected chi connectivity index (χ4v) is 9.34. The Balaban J connectivity index is 0.832. The molecular formula is C43H54N8O5. The Hall–Kier alpha value is -5.04. The standard InChI is InChI=1S/C43H54N8O5/c1-6-54-42(53)39(26(2)3)37-22-38(48-56-37)55-25-28-11-13-31(14-12-28)50-18-15-29(16-19-50)30-23-44-43(45-24-30)51-20-17-35-40(27(51)4)33-21-34(46-47-41(33)49(35)5)32-9-7-8-10-36(32)52/h7-10,21-24,26-29,31,39,52H,6,11-20,25H2,1-5H3/t27-,28?,31?,39?/m1/s1. The molecule has 5 aromatic rings. The lowest BCUT2D eigenvalue weighted by Crippen LogP contribution is -2.43. The molecule has 56 heavy (non-hydrogen) atoms. The van der Waals surface area contributed by atoms with Gasteiger partial charge in [0.05, 0.1) is 24.9 Å². The van der Waals surface area contributed by atoms with Crippen molar-refractivity contribution in [1.29, 1.82) is 0 Å². The van der Waals surface area contributed by atoms with E-state index in [-0.39, 0.29) is 23.7 Å². The van der Waals surface area contributed by atoms with Crippen LogP contribution in [0.15, 0.2) is 53.3 Å². The maximum absolute atomic E-state index is 12.5. The molecule has 8 rings (SSSR count). The first kappa shape index (κ1) is 37.9. The number of para-hydroxylation sites is 1. The first-order valence-corrected chi connectivity index (χ1v) is 20.4. The number of nitrogens with zero attached hydrogens (tertiary/aromatic N) is 8. The van der Waals surface area contributed by atoms with Crippen molar-refractivity contribution in [2.45, 2.75) is 96.6 Å². The summed E-state index contributed by atoms with van der Waals surface area (Å²) in [5, 5.41) is 24.7. The van der Waals surface area contributed by atoms with Gasteiger partial charge in [0, 0.05) is 66.7 Å². The Labute approximate surface area is 328 Å². The third-order valence-corrected chi connectivity index (χ3v) is 12.5. The number of piperidine rings is 1. The zero-order valence-corrected chi connectivity index (χ0v) is 33.2. The van der Waals surface area contributed by atoms with Crippen molar-refractivity contribution in [3.05, 3.63) is 71.4 Å². The molecule has 2 fully saturated rings. The minimum Gasteiger partial charge on any atom is -0.507 e. The number of carbonyl (C=O) groups is 1. The monoisotopic (exact) mass is 762 g/mol. The number of hydrogen-bond donors (Lipinski definition) is 1. The molecule has 1 saturated heterocycles. The van der Waals surface area contributed by atoms with Gasteiger partial charge >= 0.3 is 5.97 Å². The van der Waals surface area contributed by atoms with E-state index in [2.05, 4.69) is 62.2 Å². The average Bonchev–Trinajstić information content (AvgIpc) is 3.79. The van der Waals surface area contributed by atoms with E-state index >= 15 is 0 Å². The summed E-state index contributed by atoms with van der Waals surface area (Å²) in [4.78, 5) is 27.3. The second kappa shape index (κ2) is 16.2. The Kier molecular flexibility index (Phi) is 11.0. The van der Waals surface area contributed by atoms with Gasteiger partial charge in [-0.2, -0.15) is 0 Å². The van der Waals surface area contributed by atoms with Crippen LogP contribution < -0.4 is 9.64 Å². The summed E-state index contributed by atoms with van der Waals surface area (Å²) in [6, 6.07) is 11.7. The fraction of sp³-hybridized carbons (Fsp3) is 0.535. The maximum atomic E-state index is 12.5. The van der Waals surface area contributed by atoms with Crippen molar-refractivity contribution in [2.75, 3.05) is 37.7 Å². The number of benzene rings is 1. The van der Waals surface area contributed by atoms with Crippen LogP contribution >= 0.6 is 0 Å². The highest BCUT2D eigenvalue weighted by atomic mass is 16.5. The molecule has 0 spiro atoms. The number of anilines is 1.